The Labute approximate surface area is 190 Å². The number of benzene rings is 3. The molecule has 0 aliphatic carbocycles. The van der Waals surface area contributed by atoms with E-state index < -0.39 is 0 Å². The largest absolute Gasteiger partial charge is 0.508 e. The third kappa shape index (κ3) is 3.92. The monoisotopic (exact) mass is 488 g/mol. The second-order valence-corrected chi connectivity index (χ2v) is 9.11. The number of hydrogen-bond acceptors (Lipinski definition) is 4. The highest BCUT2D eigenvalue weighted by Gasteiger charge is 2.22. The van der Waals surface area contributed by atoms with E-state index in [-0.39, 0.29) is 17.4 Å². The predicted octanol–water partition coefficient (Wildman–Crippen LogP) is 4.47. The Balaban J connectivity index is 1.72. The van der Waals surface area contributed by atoms with Crippen molar-refractivity contribution in [2.75, 3.05) is 0 Å². The summed E-state index contributed by atoms with van der Waals surface area (Å²) in [7, 11) is 0. The molecule has 0 bridgehead atoms. The predicted molar refractivity (Wildman–Crippen MR) is 128 cm³/mol. The van der Waals surface area contributed by atoms with Crippen LogP contribution in [0.25, 0.3) is 11.8 Å². The molecule has 0 fully saturated rings. The molecule has 1 N–H and O–H groups in total. The van der Waals surface area contributed by atoms with Gasteiger partial charge in [0.15, 0.2) is 4.80 Å². The Morgan fingerprint density at radius 3 is 2.39 bits per heavy atom. The molecular formula is C25H17BrN2O2S. The molecule has 0 saturated carbocycles. The highest BCUT2D eigenvalue weighted by molar-refractivity contribution is 9.10. The second-order valence-electron chi connectivity index (χ2n) is 7.19. The van der Waals surface area contributed by atoms with Gasteiger partial charge in [0, 0.05) is 4.47 Å². The van der Waals surface area contributed by atoms with Crippen LogP contribution in [0, 0.1) is 0 Å². The van der Waals surface area contributed by atoms with Gasteiger partial charge in [-0.2, -0.15) is 0 Å². The smallest absolute Gasteiger partial charge is 0.271 e. The van der Waals surface area contributed by atoms with E-state index in [1.54, 1.807) is 28.8 Å². The topological polar surface area (TPSA) is 54.6 Å². The number of fused-ring (bicyclic) bond motifs is 1. The van der Waals surface area contributed by atoms with Gasteiger partial charge in [-0.15, -0.1) is 0 Å². The summed E-state index contributed by atoms with van der Waals surface area (Å²) in [6.45, 7) is 0. The molecule has 6 heteroatoms. The summed E-state index contributed by atoms with van der Waals surface area (Å²) in [5, 5.41) is 9.53. The molecule has 1 atom stereocenters. The molecule has 0 saturated heterocycles. The number of hydrogen-bond donors (Lipinski definition) is 1. The third-order valence-corrected chi connectivity index (χ3v) is 6.63. The van der Waals surface area contributed by atoms with Gasteiger partial charge in [0.05, 0.1) is 16.3 Å². The molecule has 1 aliphatic heterocycles. The Morgan fingerprint density at radius 2 is 1.68 bits per heavy atom. The first-order chi connectivity index (χ1) is 15.1. The number of nitrogens with zero attached hydrogens (tertiary/aromatic N) is 2. The zero-order chi connectivity index (χ0) is 21.4. The number of phenolic OH excluding ortho intramolecular Hbond substituents is 1. The van der Waals surface area contributed by atoms with Crippen molar-refractivity contribution in [2.24, 2.45) is 4.99 Å². The Bertz CT molecular complexity index is 1450. The fourth-order valence-corrected chi connectivity index (χ4v) is 4.85. The lowest BCUT2D eigenvalue weighted by Crippen LogP contribution is -2.36. The minimum atomic E-state index is -0.249. The van der Waals surface area contributed by atoms with Crippen LogP contribution in [0.4, 0.5) is 0 Å². The summed E-state index contributed by atoms with van der Waals surface area (Å²) in [4.78, 5) is 18.9. The summed E-state index contributed by atoms with van der Waals surface area (Å²) in [6.07, 6.45) is 3.89. The number of thiazole rings is 1. The van der Waals surface area contributed by atoms with Gasteiger partial charge in [-0.3, -0.25) is 9.36 Å². The van der Waals surface area contributed by atoms with Crippen molar-refractivity contribution in [2.45, 2.75) is 6.04 Å². The fourth-order valence-electron chi connectivity index (χ4n) is 3.57. The van der Waals surface area contributed by atoms with Crippen LogP contribution in [0.1, 0.15) is 22.7 Å². The van der Waals surface area contributed by atoms with Gasteiger partial charge in [-0.05, 0) is 53.1 Å². The van der Waals surface area contributed by atoms with Crippen molar-refractivity contribution in [3.63, 3.8) is 0 Å². The number of halogens is 1. The van der Waals surface area contributed by atoms with Crippen LogP contribution in [0.3, 0.4) is 0 Å². The van der Waals surface area contributed by atoms with E-state index in [1.165, 1.54) is 11.3 Å². The summed E-state index contributed by atoms with van der Waals surface area (Å²) in [5.41, 5.74) is 3.66. The number of allylic oxidation sites excluding steroid dienone is 1. The van der Waals surface area contributed by atoms with Crippen molar-refractivity contribution in [1.29, 1.82) is 0 Å². The molecule has 5 rings (SSSR count). The fraction of sp³-hybridized carbons (Fsp3) is 0.0400. The van der Waals surface area contributed by atoms with Crippen LogP contribution in [-0.2, 0) is 0 Å². The lowest BCUT2D eigenvalue weighted by Gasteiger charge is -2.19. The number of rotatable bonds is 3. The van der Waals surface area contributed by atoms with Crippen LogP contribution in [-0.4, -0.2) is 9.67 Å². The van der Waals surface area contributed by atoms with Crippen molar-refractivity contribution in [3.05, 3.63) is 126 Å². The molecule has 4 aromatic rings. The molecule has 0 spiro atoms. The number of aromatic hydroxyl groups is 1. The average Bonchev–Trinajstić information content (AvgIpc) is 3.11. The standard InChI is InChI=1S/C25H17BrN2O2S/c26-19-10-8-18(9-11-19)22-15-21(17-4-2-1-3-5-17)27-25-28(22)24(30)23(31-25)14-16-6-12-20(29)13-7-16/h1-15,22,29H. The van der Waals surface area contributed by atoms with Gasteiger partial charge in [-0.25, -0.2) is 4.99 Å². The molecule has 2 heterocycles. The first-order valence-electron chi connectivity index (χ1n) is 9.72. The lowest BCUT2D eigenvalue weighted by molar-refractivity contribution is 0.475. The van der Waals surface area contributed by atoms with Crippen LogP contribution >= 0.6 is 27.3 Å². The molecule has 1 aliphatic rings. The van der Waals surface area contributed by atoms with Crippen LogP contribution in [0.2, 0.25) is 0 Å². The molecule has 1 unspecified atom stereocenters. The van der Waals surface area contributed by atoms with Gasteiger partial charge < -0.3 is 5.11 Å². The van der Waals surface area contributed by atoms with Gasteiger partial charge in [0.25, 0.3) is 5.56 Å². The van der Waals surface area contributed by atoms with Crippen LogP contribution in [0.5, 0.6) is 5.75 Å². The summed E-state index contributed by atoms with van der Waals surface area (Å²) < 4.78 is 3.35. The van der Waals surface area contributed by atoms with E-state index in [0.717, 1.165) is 26.9 Å². The molecule has 1 aromatic heterocycles. The van der Waals surface area contributed by atoms with Gasteiger partial charge in [-0.1, -0.05) is 81.9 Å². The normalized spacial score (nSPS) is 15.8. The first-order valence-corrected chi connectivity index (χ1v) is 11.3. The minimum absolute atomic E-state index is 0.0758. The Hall–Kier alpha value is -3.22. The van der Waals surface area contributed by atoms with Crippen molar-refractivity contribution < 1.29 is 5.11 Å². The summed E-state index contributed by atoms with van der Waals surface area (Å²) in [5.74, 6) is 0.196. The van der Waals surface area contributed by atoms with E-state index in [9.17, 15) is 9.90 Å². The van der Waals surface area contributed by atoms with Gasteiger partial charge in [0.1, 0.15) is 5.75 Å². The van der Waals surface area contributed by atoms with Crippen molar-refractivity contribution in [1.82, 2.24) is 4.57 Å². The van der Waals surface area contributed by atoms with E-state index in [1.807, 2.05) is 66.7 Å². The molecule has 3 aromatic carbocycles. The molecule has 31 heavy (non-hydrogen) atoms. The number of aromatic nitrogens is 1. The minimum Gasteiger partial charge on any atom is -0.508 e. The lowest BCUT2D eigenvalue weighted by atomic mass is 10.0. The van der Waals surface area contributed by atoms with Crippen molar-refractivity contribution >= 4 is 39.0 Å². The molecular weight excluding hydrogens is 472 g/mol. The van der Waals surface area contributed by atoms with Gasteiger partial charge in [0.2, 0.25) is 0 Å². The summed E-state index contributed by atoms with van der Waals surface area (Å²) >= 11 is 4.86. The molecule has 4 nitrogen and oxygen atoms in total. The Morgan fingerprint density at radius 1 is 0.968 bits per heavy atom. The van der Waals surface area contributed by atoms with Gasteiger partial charge >= 0.3 is 0 Å². The van der Waals surface area contributed by atoms with Crippen molar-refractivity contribution in [3.8, 4) is 5.75 Å². The highest BCUT2D eigenvalue weighted by Crippen LogP contribution is 2.27. The maximum atomic E-state index is 13.4. The Kier molecular flexibility index (Phi) is 5.18. The summed E-state index contributed by atoms with van der Waals surface area (Å²) in [6, 6.07) is 24.6. The molecule has 152 valence electrons. The third-order valence-electron chi connectivity index (χ3n) is 5.12. The van der Waals surface area contributed by atoms with E-state index >= 15 is 0 Å². The first kappa shape index (κ1) is 19.7. The van der Waals surface area contributed by atoms with Crippen LogP contribution < -0.4 is 14.9 Å². The zero-order valence-corrected chi connectivity index (χ0v) is 18.7. The van der Waals surface area contributed by atoms with E-state index in [2.05, 4.69) is 15.9 Å². The molecule has 0 radical (unpaired) electrons. The maximum absolute atomic E-state index is 13.4. The highest BCUT2D eigenvalue weighted by atomic mass is 79.9. The number of phenols is 1. The van der Waals surface area contributed by atoms with E-state index in [0.29, 0.717) is 9.33 Å². The SMILES string of the molecule is O=c1c(=Cc2ccc(O)cc2)sc2n1C(c1ccc(Br)cc1)C=C(c1ccccc1)N=2. The maximum Gasteiger partial charge on any atom is 0.271 e. The zero-order valence-electron chi connectivity index (χ0n) is 16.3. The van der Waals surface area contributed by atoms with Crippen LogP contribution in [0.15, 0.2) is 99.2 Å². The second kappa shape index (κ2) is 8.13. The van der Waals surface area contributed by atoms with E-state index in [4.69, 9.17) is 4.99 Å². The molecule has 0 amide bonds. The quantitative estimate of drug-likeness (QED) is 0.462. The average molecular weight is 489 g/mol.